The van der Waals surface area contributed by atoms with Crippen LogP contribution in [0.3, 0.4) is 0 Å². The summed E-state index contributed by atoms with van der Waals surface area (Å²) in [5.74, 6) is -0.104. The average molecular weight is 490 g/mol. The van der Waals surface area contributed by atoms with E-state index in [0.29, 0.717) is 28.0 Å². The van der Waals surface area contributed by atoms with Crippen molar-refractivity contribution in [3.8, 4) is 11.8 Å². The Hall–Kier alpha value is -3.72. The van der Waals surface area contributed by atoms with Gasteiger partial charge >= 0.3 is 0 Å². The number of methoxy groups -OCH3 is 1. The number of anilines is 1. The molecule has 0 bridgehead atoms. The standard InChI is InChI=1S/C27H21Cl2N3O2/c1-17-22(13-19(15-30)27(33)31-24-14-20(28)11-12-26(24)34-2)21-8-4-6-10-25(21)32(17)16-18-7-3-5-9-23(18)29/h3-14H,16H2,1-2H3,(H,31,33)/b19-13+. The number of para-hydroxylation sites is 1. The Morgan fingerprint density at radius 3 is 2.59 bits per heavy atom. The highest BCUT2D eigenvalue weighted by Crippen LogP contribution is 2.31. The molecule has 0 saturated carbocycles. The minimum Gasteiger partial charge on any atom is -0.495 e. The highest BCUT2D eigenvalue weighted by atomic mass is 35.5. The van der Waals surface area contributed by atoms with E-state index in [1.54, 1.807) is 24.3 Å². The number of benzene rings is 3. The number of hydrogen-bond donors (Lipinski definition) is 1. The zero-order valence-corrected chi connectivity index (χ0v) is 20.1. The summed E-state index contributed by atoms with van der Waals surface area (Å²) in [6.45, 7) is 2.53. The summed E-state index contributed by atoms with van der Waals surface area (Å²) in [6.07, 6.45) is 1.62. The molecule has 0 aliphatic heterocycles. The van der Waals surface area contributed by atoms with E-state index in [1.807, 2.05) is 61.5 Å². The topological polar surface area (TPSA) is 67.0 Å². The zero-order chi connectivity index (χ0) is 24.2. The number of hydrogen-bond acceptors (Lipinski definition) is 3. The number of rotatable bonds is 6. The molecule has 0 fully saturated rings. The SMILES string of the molecule is COc1ccc(Cl)cc1NC(=O)/C(C#N)=C/c1c(C)n(Cc2ccccc2Cl)c2ccccc12. The van der Waals surface area contributed by atoms with Gasteiger partial charge in [0.15, 0.2) is 0 Å². The fraction of sp³-hybridized carbons (Fsp3) is 0.111. The molecule has 0 unspecified atom stereocenters. The number of carbonyl (C=O) groups excluding carboxylic acids is 1. The number of amides is 1. The number of carbonyl (C=O) groups is 1. The van der Waals surface area contributed by atoms with Gasteiger partial charge < -0.3 is 14.6 Å². The van der Waals surface area contributed by atoms with Gasteiger partial charge in [-0.1, -0.05) is 59.6 Å². The summed E-state index contributed by atoms with van der Waals surface area (Å²) >= 11 is 12.5. The predicted octanol–water partition coefficient (Wildman–Crippen LogP) is 6.86. The van der Waals surface area contributed by atoms with Crippen molar-refractivity contribution in [2.75, 3.05) is 12.4 Å². The van der Waals surface area contributed by atoms with E-state index >= 15 is 0 Å². The molecule has 0 aliphatic carbocycles. The van der Waals surface area contributed by atoms with Gasteiger partial charge in [-0.05, 0) is 48.9 Å². The Bertz CT molecular complexity index is 1460. The Morgan fingerprint density at radius 1 is 1.12 bits per heavy atom. The molecule has 1 aromatic heterocycles. The first-order valence-corrected chi connectivity index (χ1v) is 11.3. The molecule has 170 valence electrons. The van der Waals surface area contributed by atoms with E-state index in [4.69, 9.17) is 27.9 Å². The first kappa shape index (κ1) is 23.4. The lowest BCUT2D eigenvalue weighted by Crippen LogP contribution is -2.14. The molecule has 4 rings (SSSR count). The first-order valence-electron chi connectivity index (χ1n) is 10.5. The van der Waals surface area contributed by atoms with Crippen LogP contribution in [-0.4, -0.2) is 17.6 Å². The number of halogens is 2. The van der Waals surface area contributed by atoms with Gasteiger partial charge in [-0.3, -0.25) is 4.79 Å². The highest BCUT2D eigenvalue weighted by Gasteiger charge is 2.18. The summed E-state index contributed by atoms with van der Waals surface area (Å²) in [4.78, 5) is 13.0. The lowest BCUT2D eigenvalue weighted by Gasteiger charge is -2.11. The minimum absolute atomic E-state index is 0.0363. The van der Waals surface area contributed by atoms with E-state index in [1.165, 1.54) is 7.11 Å². The van der Waals surface area contributed by atoms with Crippen molar-refractivity contribution >= 4 is 51.8 Å². The van der Waals surface area contributed by atoms with Crippen LogP contribution in [-0.2, 0) is 11.3 Å². The minimum atomic E-state index is -0.551. The van der Waals surface area contributed by atoms with Gasteiger partial charge in [0.2, 0.25) is 0 Å². The number of aromatic nitrogens is 1. The Morgan fingerprint density at radius 2 is 1.85 bits per heavy atom. The number of fused-ring (bicyclic) bond motifs is 1. The number of ether oxygens (including phenoxy) is 1. The largest absolute Gasteiger partial charge is 0.495 e. The molecular formula is C27H21Cl2N3O2. The van der Waals surface area contributed by atoms with Gasteiger partial charge in [0, 0.05) is 38.8 Å². The summed E-state index contributed by atoms with van der Waals surface area (Å²) in [5, 5.41) is 14.6. The van der Waals surface area contributed by atoms with Gasteiger partial charge in [0.1, 0.15) is 17.4 Å². The lowest BCUT2D eigenvalue weighted by molar-refractivity contribution is -0.112. The Balaban J connectivity index is 1.76. The second kappa shape index (κ2) is 10.0. The average Bonchev–Trinajstić information content (AvgIpc) is 3.09. The molecular weight excluding hydrogens is 469 g/mol. The van der Waals surface area contributed by atoms with E-state index in [2.05, 4.69) is 9.88 Å². The van der Waals surface area contributed by atoms with Crippen molar-refractivity contribution in [3.05, 3.63) is 99.2 Å². The molecule has 34 heavy (non-hydrogen) atoms. The molecule has 0 atom stereocenters. The van der Waals surface area contributed by atoms with Crippen LogP contribution in [0.4, 0.5) is 5.69 Å². The monoisotopic (exact) mass is 489 g/mol. The van der Waals surface area contributed by atoms with Crippen molar-refractivity contribution in [2.24, 2.45) is 0 Å². The van der Waals surface area contributed by atoms with Crippen molar-refractivity contribution in [2.45, 2.75) is 13.5 Å². The molecule has 0 radical (unpaired) electrons. The van der Waals surface area contributed by atoms with Crippen LogP contribution >= 0.6 is 23.2 Å². The van der Waals surface area contributed by atoms with Crippen molar-refractivity contribution in [1.82, 2.24) is 4.57 Å². The third-order valence-corrected chi connectivity index (χ3v) is 6.23. The van der Waals surface area contributed by atoms with Gasteiger partial charge in [-0.25, -0.2) is 0 Å². The Kier molecular flexibility index (Phi) is 6.93. The van der Waals surface area contributed by atoms with Gasteiger partial charge in [0.05, 0.1) is 12.8 Å². The van der Waals surface area contributed by atoms with Gasteiger partial charge in [-0.15, -0.1) is 0 Å². The lowest BCUT2D eigenvalue weighted by atomic mass is 10.1. The third kappa shape index (κ3) is 4.65. The van der Waals surface area contributed by atoms with E-state index in [9.17, 15) is 10.1 Å². The van der Waals surface area contributed by atoms with Gasteiger partial charge in [0.25, 0.3) is 5.91 Å². The second-order valence-electron chi connectivity index (χ2n) is 7.66. The number of nitriles is 1. The maximum Gasteiger partial charge on any atom is 0.266 e. The van der Waals surface area contributed by atoms with Crippen molar-refractivity contribution in [1.29, 1.82) is 5.26 Å². The summed E-state index contributed by atoms with van der Waals surface area (Å²) in [5.41, 5.74) is 4.04. The van der Waals surface area contributed by atoms with Crippen LogP contribution in [0.2, 0.25) is 10.0 Å². The molecule has 1 heterocycles. The summed E-state index contributed by atoms with van der Waals surface area (Å²) < 4.78 is 7.42. The molecule has 7 heteroatoms. The first-order chi connectivity index (χ1) is 16.4. The molecule has 4 aromatic rings. The number of nitrogens with zero attached hydrogens (tertiary/aromatic N) is 2. The normalized spacial score (nSPS) is 11.3. The van der Waals surface area contributed by atoms with Crippen molar-refractivity contribution in [3.63, 3.8) is 0 Å². The van der Waals surface area contributed by atoms with Crippen LogP contribution in [0.15, 0.2) is 72.3 Å². The molecule has 0 aliphatic rings. The summed E-state index contributed by atoms with van der Waals surface area (Å²) in [6, 6.07) is 22.5. The van der Waals surface area contributed by atoms with Crippen LogP contribution in [0.1, 0.15) is 16.8 Å². The van der Waals surface area contributed by atoms with E-state index in [0.717, 1.165) is 27.7 Å². The Labute approximate surface area is 207 Å². The molecule has 0 spiro atoms. The quantitative estimate of drug-likeness (QED) is 0.237. The van der Waals surface area contributed by atoms with Crippen LogP contribution in [0, 0.1) is 18.3 Å². The molecule has 3 aromatic carbocycles. The van der Waals surface area contributed by atoms with E-state index < -0.39 is 5.91 Å². The van der Waals surface area contributed by atoms with Crippen LogP contribution < -0.4 is 10.1 Å². The predicted molar refractivity (Wildman–Crippen MR) is 137 cm³/mol. The molecule has 5 nitrogen and oxygen atoms in total. The fourth-order valence-electron chi connectivity index (χ4n) is 3.90. The summed E-state index contributed by atoms with van der Waals surface area (Å²) in [7, 11) is 1.50. The smallest absolute Gasteiger partial charge is 0.266 e. The zero-order valence-electron chi connectivity index (χ0n) is 18.6. The maximum atomic E-state index is 13.0. The van der Waals surface area contributed by atoms with Crippen LogP contribution in [0.5, 0.6) is 5.75 Å². The highest BCUT2D eigenvalue weighted by molar-refractivity contribution is 6.31. The van der Waals surface area contributed by atoms with Crippen LogP contribution in [0.25, 0.3) is 17.0 Å². The molecule has 0 saturated heterocycles. The van der Waals surface area contributed by atoms with Crippen molar-refractivity contribution < 1.29 is 9.53 Å². The van der Waals surface area contributed by atoms with Gasteiger partial charge in [-0.2, -0.15) is 5.26 Å². The number of nitrogens with one attached hydrogen (secondary N) is 1. The molecule has 1 amide bonds. The third-order valence-electron chi connectivity index (χ3n) is 5.63. The van der Waals surface area contributed by atoms with E-state index in [-0.39, 0.29) is 5.57 Å². The fourth-order valence-corrected chi connectivity index (χ4v) is 4.27. The second-order valence-corrected chi connectivity index (χ2v) is 8.51. The maximum absolute atomic E-state index is 13.0. The molecule has 1 N–H and O–H groups in total.